The van der Waals surface area contributed by atoms with Crippen LogP contribution in [0.15, 0.2) is 53.4 Å². The van der Waals surface area contributed by atoms with Gasteiger partial charge in [-0.2, -0.15) is 0 Å². The summed E-state index contributed by atoms with van der Waals surface area (Å²) in [7, 11) is -3.72. The third-order valence-electron chi connectivity index (χ3n) is 2.42. The van der Waals surface area contributed by atoms with Gasteiger partial charge in [0.05, 0.1) is 11.4 Å². The lowest BCUT2D eigenvalue weighted by molar-refractivity contribution is 0.601. The van der Waals surface area contributed by atoms with Crippen LogP contribution in [-0.4, -0.2) is 8.42 Å². The van der Waals surface area contributed by atoms with Gasteiger partial charge in [-0.05, 0) is 24.3 Å². The second kappa shape index (κ2) is 4.58. The van der Waals surface area contributed by atoms with E-state index in [0.29, 0.717) is 5.69 Å². The fourth-order valence-corrected chi connectivity index (χ4v) is 2.73. The van der Waals surface area contributed by atoms with Crippen LogP contribution in [0, 0.1) is 0 Å². The molecule has 94 valence electrons. The molecule has 0 aliphatic carbocycles. The standard InChI is InChI=1S/C12H13N3O2S/c13-10-7-4-8-11(12(10)14)18(16,17)15-9-5-2-1-3-6-9/h1-8,15H,13-14H2. The Morgan fingerprint density at radius 1 is 0.889 bits per heavy atom. The van der Waals surface area contributed by atoms with Crippen LogP contribution in [0.25, 0.3) is 0 Å². The van der Waals surface area contributed by atoms with E-state index in [0.717, 1.165) is 0 Å². The van der Waals surface area contributed by atoms with Gasteiger partial charge >= 0.3 is 0 Å². The highest BCUT2D eigenvalue weighted by Crippen LogP contribution is 2.25. The maximum absolute atomic E-state index is 12.1. The summed E-state index contributed by atoms with van der Waals surface area (Å²) in [5.41, 5.74) is 12.0. The van der Waals surface area contributed by atoms with Crippen LogP contribution in [0.5, 0.6) is 0 Å². The number of nitrogens with one attached hydrogen (secondary N) is 1. The van der Waals surface area contributed by atoms with E-state index < -0.39 is 10.0 Å². The molecule has 0 aliphatic rings. The fourth-order valence-electron chi connectivity index (χ4n) is 1.51. The Kier molecular flexibility index (Phi) is 3.12. The van der Waals surface area contributed by atoms with E-state index in [-0.39, 0.29) is 16.3 Å². The van der Waals surface area contributed by atoms with E-state index in [1.54, 1.807) is 42.5 Å². The van der Waals surface area contributed by atoms with E-state index in [2.05, 4.69) is 4.72 Å². The number of anilines is 3. The molecule has 5 nitrogen and oxygen atoms in total. The Morgan fingerprint density at radius 3 is 2.22 bits per heavy atom. The van der Waals surface area contributed by atoms with Crippen LogP contribution in [0.4, 0.5) is 17.1 Å². The molecule has 0 aromatic heterocycles. The maximum atomic E-state index is 12.1. The Bertz CT molecular complexity index is 654. The van der Waals surface area contributed by atoms with E-state index in [4.69, 9.17) is 11.5 Å². The number of nitrogens with two attached hydrogens (primary N) is 2. The Labute approximate surface area is 105 Å². The van der Waals surface area contributed by atoms with Crippen LogP contribution >= 0.6 is 0 Å². The van der Waals surface area contributed by atoms with Crippen molar-refractivity contribution in [1.82, 2.24) is 0 Å². The predicted molar refractivity (Wildman–Crippen MR) is 72.5 cm³/mol. The molecule has 5 N–H and O–H groups in total. The summed E-state index contributed by atoms with van der Waals surface area (Å²) in [5.74, 6) is 0. The van der Waals surface area contributed by atoms with Crippen molar-refractivity contribution < 1.29 is 8.42 Å². The van der Waals surface area contributed by atoms with Gasteiger partial charge in [-0.25, -0.2) is 8.42 Å². The first-order valence-corrected chi connectivity index (χ1v) is 6.71. The van der Waals surface area contributed by atoms with Gasteiger partial charge in [-0.15, -0.1) is 0 Å². The summed E-state index contributed by atoms with van der Waals surface area (Å²) in [6.07, 6.45) is 0. The topological polar surface area (TPSA) is 98.2 Å². The molecule has 0 saturated heterocycles. The zero-order valence-electron chi connectivity index (χ0n) is 9.50. The Morgan fingerprint density at radius 2 is 1.56 bits per heavy atom. The Balaban J connectivity index is 2.41. The monoisotopic (exact) mass is 263 g/mol. The molecule has 0 aliphatic heterocycles. The SMILES string of the molecule is Nc1cccc(S(=O)(=O)Nc2ccccc2)c1N. The normalized spacial score (nSPS) is 11.1. The zero-order chi connectivity index (χ0) is 13.2. The summed E-state index contributed by atoms with van der Waals surface area (Å²) < 4.78 is 26.7. The average Bonchev–Trinajstić information content (AvgIpc) is 2.33. The number of hydrogen-bond donors (Lipinski definition) is 3. The van der Waals surface area contributed by atoms with Crippen LogP contribution in [-0.2, 0) is 10.0 Å². The van der Waals surface area contributed by atoms with Crippen molar-refractivity contribution in [3.63, 3.8) is 0 Å². The summed E-state index contributed by atoms with van der Waals surface area (Å²) >= 11 is 0. The van der Waals surface area contributed by atoms with Crippen molar-refractivity contribution in [3.8, 4) is 0 Å². The van der Waals surface area contributed by atoms with E-state index in [1.807, 2.05) is 0 Å². The first kappa shape index (κ1) is 12.3. The van der Waals surface area contributed by atoms with Gasteiger partial charge in [0.25, 0.3) is 10.0 Å². The van der Waals surface area contributed by atoms with Crippen LogP contribution < -0.4 is 16.2 Å². The number of hydrogen-bond acceptors (Lipinski definition) is 4. The second-order valence-electron chi connectivity index (χ2n) is 3.73. The van der Waals surface area contributed by atoms with Crippen LogP contribution in [0.3, 0.4) is 0 Å². The van der Waals surface area contributed by atoms with Crippen molar-refractivity contribution in [3.05, 3.63) is 48.5 Å². The summed E-state index contributed by atoms with van der Waals surface area (Å²) in [4.78, 5) is -0.0219. The number of benzene rings is 2. The first-order valence-electron chi connectivity index (χ1n) is 5.22. The number of para-hydroxylation sites is 2. The molecule has 2 aromatic carbocycles. The molecule has 18 heavy (non-hydrogen) atoms. The smallest absolute Gasteiger partial charge is 0.264 e. The lowest BCUT2D eigenvalue weighted by Gasteiger charge is -2.11. The van der Waals surface area contributed by atoms with Gasteiger partial charge in [-0.3, -0.25) is 4.72 Å². The molecule has 0 fully saturated rings. The van der Waals surface area contributed by atoms with Crippen LogP contribution in [0.1, 0.15) is 0 Å². The lowest BCUT2D eigenvalue weighted by Crippen LogP contribution is -2.15. The molecule has 0 atom stereocenters. The molecule has 0 radical (unpaired) electrons. The minimum Gasteiger partial charge on any atom is -0.397 e. The number of sulfonamides is 1. The van der Waals surface area contributed by atoms with Crippen molar-refractivity contribution >= 4 is 27.1 Å². The highest BCUT2D eigenvalue weighted by atomic mass is 32.2. The molecule has 0 spiro atoms. The molecule has 2 aromatic rings. The first-order chi connectivity index (χ1) is 8.50. The van der Waals surface area contributed by atoms with Crippen LogP contribution in [0.2, 0.25) is 0 Å². The minimum atomic E-state index is -3.72. The Hall–Kier alpha value is -2.21. The highest BCUT2D eigenvalue weighted by Gasteiger charge is 2.18. The summed E-state index contributed by atoms with van der Waals surface area (Å²) in [5, 5.41) is 0. The molecule has 0 saturated carbocycles. The second-order valence-corrected chi connectivity index (χ2v) is 5.38. The van der Waals surface area contributed by atoms with E-state index in [9.17, 15) is 8.42 Å². The number of rotatable bonds is 3. The van der Waals surface area contributed by atoms with Gasteiger partial charge in [0.1, 0.15) is 4.90 Å². The fraction of sp³-hybridized carbons (Fsp3) is 0. The summed E-state index contributed by atoms with van der Waals surface area (Å²) in [6, 6.07) is 13.1. The quantitative estimate of drug-likeness (QED) is 0.733. The van der Waals surface area contributed by atoms with Gasteiger partial charge in [-0.1, -0.05) is 24.3 Å². The third-order valence-corrected chi connectivity index (χ3v) is 3.85. The molecule has 2 rings (SSSR count). The molecule has 6 heteroatoms. The molecule has 0 heterocycles. The average molecular weight is 263 g/mol. The van der Waals surface area contributed by atoms with E-state index >= 15 is 0 Å². The third kappa shape index (κ3) is 2.38. The van der Waals surface area contributed by atoms with Gasteiger partial charge in [0.2, 0.25) is 0 Å². The molecule has 0 bridgehead atoms. The zero-order valence-corrected chi connectivity index (χ0v) is 10.3. The van der Waals surface area contributed by atoms with Gasteiger partial charge in [0.15, 0.2) is 0 Å². The minimum absolute atomic E-state index is 0.0219. The maximum Gasteiger partial charge on any atom is 0.264 e. The molecular formula is C12H13N3O2S. The predicted octanol–water partition coefficient (Wildman–Crippen LogP) is 1.65. The molecular weight excluding hydrogens is 250 g/mol. The van der Waals surface area contributed by atoms with Gasteiger partial charge < -0.3 is 11.5 Å². The largest absolute Gasteiger partial charge is 0.397 e. The van der Waals surface area contributed by atoms with Crippen molar-refractivity contribution in [1.29, 1.82) is 0 Å². The lowest BCUT2D eigenvalue weighted by atomic mass is 10.3. The van der Waals surface area contributed by atoms with E-state index in [1.165, 1.54) is 6.07 Å². The van der Waals surface area contributed by atoms with Gasteiger partial charge in [0, 0.05) is 5.69 Å². The van der Waals surface area contributed by atoms with Crippen molar-refractivity contribution in [2.45, 2.75) is 4.90 Å². The molecule has 0 unspecified atom stereocenters. The highest BCUT2D eigenvalue weighted by molar-refractivity contribution is 7.92. The number of nitrogen functional groups attached to an aromatic ring is 2. The van der Waals surface area contributed by atoms with Crippen molar-refractivity contribution in [2.24, 2.45) is 0 Å². The summed E-state index contributed by atoms with van der Waals surface area (Å²) in [6.45, 7) is 0. The van der Waals surface area contributed by atoms with Crippen molar-refractivity contribution in [2.75, 3.05) is 16.2 Å². The molecule has 0 amide bonds.